The summed E-state index contributed by atoms with van der Waals surface area (Å²) in [4.78, 5) is 9.98. The molecule has 0 amide bonds. The van der Waals surface area contributed by atoms with Crippen LogP contribution in [-0.2, 0) is 12.1 Å². The first-order chi connectivity index (χ1) is 12.8. The molecule has 0 saturated heterocycles. The molecule has 1 aliphatic rings. The molecule has 0 spiro atoms. The van der Waals surface area contributed by atoms with E-state index in [1.165, 1.54) is 0 Å². The SMILES string of the molecule is OCC1=NC(c2ccccc2)(c2ccccc2)N=C1Cc1ccccc1. The number of hydrogen-bond donors (Lipinski definition) is 1. The quantitative estimate of drug-likeness (QED) is 0.749. The average molecular weight is 340 g/mol. The van der Waals surface area contributed by atoms with Gasteiger partial charge in [0.25, 0.3) is 0 Å². The number of aliphatic imine (C=N–C) groups is 2. The van der Waals surface area contributed by atoms with E-state index in [1.54, 1.807) is 0 Å². The molecule has 128 valence electrons. The van der Waals surface area contributed by atoms with Crippen molar-refractivity contribution in [1.82, 2.24) is 0 Å². The Bertz CT molecular complexity index is 892. The minimum Gasteiger partial charge on any atom is -0.390 e. The van der Waals surface area contributed by atoms with Gasteiger partial charge in [-0.2, -0.15) is 0 Å². The molecule has 3 nitrogen and oxygen atoms in total. The predicted molar refractivity (Wildman–Crippen MR) is 106 cm³/mol. The van der Waals surface area contributed by atoms with Crippen molar-refractivity contribution in [3.8, 4) is 0 Å². The zero-order valence-corrected chi connectivity index (χ0v) is 14.4. The Morgan fingerprint density at radius 3 is 1.58 bits per heavy atom. The second kappa shape index (κ2) is 7.06. The number of rotatable bonds is 5. The monoisotopic (exact) mass is 340 g/mol. The summed E-state index contributed by atoms with van der Waals surface area (Å²) in [5, 5.41) is 9.93. The number of aliphatic hydroxyl groups excluding tert-OH is 1. The van der Waals surface area contributed by atoms with Crippen LogP contribution in [0.1, 0.15) is 16.7 Å². The predicted octanol–water partition coefficient (Wildman–Crippen LogP) is 4.02. The van der Waals surface area contributed by atoms with Gasteiger partial charge in [0, 0.05) is 17.5 Å². The highest BCUT2D eigenvalue weighted by Gasteiger charge is 2.39. The van der Waals surface area contributed by atoms with Gasteiger partial charge < -0.3 is 5.11 Å². The van der Waals surface area contributed by atoms with Crippen molar-refractivity contribution in [2.24, 2.45) is 9.98 Å². The van der Waals surface area contributed by atoms with Crippen LogP contribution in [0.5, 0.6) is 0 Å². The summed E-state index contributed by atoms with van der Waals surface area (Å²) < 4.78 is 0. The van der Waals surface area contributed by atoms with Gasteiger partial charge in [0.1, 0.15) is 0 Å². The van der Waals surface area contributed by atoms with Crippen molar-refractivity contribution in [3.63, 3.8) is 0 Å². The highest BCUT2D eigenvalue weighted by atomic mass is 16.3. The molecule has 0 aromatic heterocycles. The maximum Gasteiger partial charge on any atom is 0.202 e. The summed E-state index contributed by atoms with van der Waals surface area (Å²) in [6.07, 6.45) is 0.654. The molecule has 0 fully saturated rings. The van der Waals surface area contributed by atoms with Crippen LogP contribution < -0.4 is 0 Å². The zero-order chi connectivity index (χ0) is 17.8. The first kappa shape index (κ1) is 16.4. The van der Waals surface area contributed by atoms with Crippen LogP contribution in [0.15, 0.2) is 101 Å². The maximum absolute atomic E-state index is 9.93. The van der Waals surface area contributed by atoms with E-state index in [1.807, 2.05) is 78.9 Å². The highest BCUT2D eigenvalue weighted by molar-refractivity contribution is 6.44. The lowest BCUT2D eigenvalue weighted by Gasteiger charge is -2.24. The molecule has 26 heavy (non-hydrogen) atoms. The zero-order valence-electron chi connectivity index (χ0n) is 14.4. The lowest BCUT2D eigenvalue weighted by atomic mass is 9.92. The third-order valence-corrected chi connectivity index (χ3v) is 4.64. The van der Waals surface area contributed by atoms with Gasteiger partial charge in [0.05, 0.1) is 18.0 Å². The van der Waals surface area contributed by atoms with Crippen LogP contribution in [0.25, 0.3) is 0 Å². The van der Waals surface area contributed by atoms with E-state index < -0.39 is 5.66 Å². The van der Waals surface area contributed by atoms with Crippen molar-refractivity contribution in [3.05, 3.63) is 108 Å². The molecule has 0 bridgehead atoms. The first-order valence-electron chi connectivity index (χ1n) is 8.75. The highest BCUT2D eigenvalue weighted by Crippen LogP contribution is 2.39. The minimum atomic E-state index is -0.829. The summed E-state index contributed by atoms with van der Waals surface area (Å²) in [6, 6.07) is 30.3. The summed E-state index contributed by atoms with van der Waals surface area (Å²) >= 11 is 0. The van der Waals surface area contributed by atoms with E-state index in [-0.39, 0.29) is 6.61 Å². The van der Waals surface area contributed by atoms with Crippen LogP contribution in [-0.4, -0.2) is 23.1 Å². The fourth-order valence-corrected chi connectivity index (χ4v) is 3.37. The molecule has 4 rings (SSSR count). The van der Waals surface area contributed by atoms with E-state index in [4.69, 9.17) is 9.98 Å². The third kappa shape index (κ3) is 2.98. The smallest absolute Gasteiger partial charge is 0.202 e. The molecule has 3 heteroatoms. The lowest BCUT2D eigenvalue weighted by molar-refractivity contribution is 0.358. The van der Waals surface area contributed by atoms with E-state index in [0.29, 0.717) is 12.1 Å². The lowest BCUT2D eigenvalue weighted by Crippen LogP contribution is -2.21. The Morgan fingerprint density at radius 2 is 1.08 bits per heavy atom. The van der Waals surface area contributed by atoms with Gasteiger partial charge in [-0.3, -0.25) is 0 Å². The maximum atomic E-state index is 9.93. The molecule has 1 N–H and O–H groups in total. The first-order valence-corrected chi connectivity index (χ1v) is 8.75. The summed E-state index contributed by atoms with van der Waals surface area (Å²) in [5.74, 6) is 0. The standard InChI is InChI=1S/C23H20N2O/c26-17-22-21(16-18-10-4-1-5-11-18)24-23(25-22,19-12-6-2-7-13-19)20-14-8-3-9-15-20/h1-15,26H,16-17H2. The Labute approximate surface area is 153 Å². The molecule has 3 aromatic rings. The van der Waals surface area contributed by atoms with Crippen molar-refractivity contribution < 1.29 is 5.11 Å². The molecule has 0 unspecified atom stereocenters. The summed E-state index contributed by atoms with van der Waals surface area (Å²) in [6.45, 7) is -0.118. The topological polar surface area (TPSA) is 45.0 Å². The number of hydrogen-bond acceptors (Lipinski definition) is 3. The molecule has 0 atom stereocenters. The number of aliphatic hydroxyl groups is 1. The fraction of sp³-hybridized carbons (Fsp3) is 0.130. The second-order valence-corrected chi connectivity index (χ2v) is 6.34. The van der Waals surface area contributed by atoms with Gasteiger partial charge >= 0.3 is 0 Å². The molecular weight excluding hydrogens is 320 g/mol. The summed E-state index contributed by atoms with van der Waals surface area (Å²) in [5.41, 5.74) is 3.82. The Kier molecular flexibility index (Phi) is 4.46. The van der Waals surface area contributed by atoms with Crippen LogP contribution >= 0.6 is 0 Å². The van der Waals surface area contributed by atoms with Gasteiger partial charge in [0.15, 0.2) is 0 Å². The number of nitrogens with zero attached hydrogens (tertiary/aromatic N) is 2. The van der Waals surface area contributed by atoms with E-state index in [9.17, 15) is 5.11 Å². The van der Waals surface area contributed by atoms with Crippen LogP contribution in [0.4, 0.5) is 0 Å². The van der Waals surface area contributed by atoms with E-state index >= 15 is 0 Å². The van der Waals surface area contributed by atoms with Gasteiger partial charge in [0.2, 0.25) is 5.66 Å². The van der Waals surface area contributed by atoms with Gasteiger partial charge in [-0.05, 0) is 5.56 Å². The molecule has 1 aliphatic heterocycles. The summed E-state index contributed by atoms with van der Waals surface area (Å²) in [7, 11) is 0. The van der Waals surface area contributed by atoms with Crippen LogP contribution in [0.2, 0.25) is 0 Å². The fourth-order valence-electron chi connectivity index (χ4n) is 3.37. The molecule has 0 radical (unpaired) electrons. The van der Waals surface area contributed by atoms with Gasteiger partial charge in [-0.1, -0.05) is 91.0 Å². The molecule has 3 aromatic carbocycles. The number of benzene rings is 3. The van der Waals surface area contributed by atoms with Crippen molar-refractivity contribution in [2.75, 3.05) is 6.61 Å². The van der Waals surface area contributed by atoms with Gasteiger partial charge in [-0.15, -0.1) is 0 Å². The van der Waals surface area contributed by atoms with Crippen LogP contribution in [0, 0.1) is 0 Å². The average Bonchev–Trinajstić information content (AvgIpc) is 3.10. The van der Waals surface area contributed by atoms with Crippen molar-refractivity contribution >= 4 is 11.4 Å². The van der Waals surface area contributed by atoms with Gasteiger partial charge in [-0.25, -0.2) is 9.98 Å². The van der Waals surface area contributed by atoms with Crippen LogP contribution in [0.3, 0.4) is 0 Å². The third-order valence-electron chi connectivity index (χ3n) is 4.64. The normalized spacial score (nSPS) is 15.4. The van der Waals surface area contributed by atoms with E-state index in [2.05, 4.69) is 12.1 Å². The Morgan fingerprint density at radius 1 is 0.615 bits per heavy atom. The molecular formula is C23H20N2O. The molecule has 0 aliphatic carbocycles. The van der Waals surface area contributed by atoms with E-state index in [0.717, 1.165) is 22.4 Å². The van der Waals surface area contributed by atoms with Crippen molar-refractivity contribution in [2.45, 2.75) is 12.1 Å². The Hall–Kier alpha value is -3.04. The molecule has 1 heterocycles. The van der Waals surface area contributed by atoms with Crippen molar-refractivity contribution in [1.29, 1.82) is 0 Å². The Balaban J connectivity index is 1.85. The largest absolute Gasteiger partial charge is 0.390 e. The molecule has 0 saturated carbocycles. The minimum absolute atomic E-state index is 0.118. The second-order valence-electron chi connectivity index (χ2n) is 6.34.